The van der Waals surface area contributed by atoms with Crippen molar-refractivity contribution in [3.8, 4) is 0 Å². The molecule has 0 aromatic carbocycles. The molecule has 0 saturated heterocycles. The van der Waals surface area contributed by atoms with E-state index in [0.29, 0.717) is 0 Å². The molecule has 2 aromatic rings. The van der Waals surface area contributed by atoms with Crippen molar-refractivity contribution in [2.75, 3.05) is 13.1 Å². The summed E-state index contributed by atoms with van der Waals surface area (Å²) in [6, 6.07) is 6.36. The van der Waals surface area contributed by atoms with E-state index in [4.69, 9.17) is 0 Å². The number of aliphatic imine (C=N–C) groups is 1. The molecule has 0 radical (unpaired) electrons. The van der Waals surface area contributed by atoms with E-state index in [1.807, 2.05) is 0 Å². The molecule has 108 valence electrons. The molecule has 0 aliphatic carbocycles. The van der Waals surface area contributed by atoms with E-state index < -0.39 is 0 Å². The molecule has 3 nitrogen and oxygen atoms in total. The number of guanidine groups is 1. The minimum atomic E-state index is 0.726. The molecule has 2 rings (SSSR count). The van der Waals surface area contributed by atoms with E-state index in [-0.39, 0.29) is 0 Å². The van der Waals surface area contributed by atoms with Crippen molar-refractivity contribution in [2.45, 2.75) is 19.9 Å². The summed E-state index contributed by atoms with van der Waals surface area (Å²) in [7, 11) is 0. The number of hydrogen-bond donors (Lipinski definition) is 2. The fraction of sp³-hybridized carbons (Fsp3) is 0.357. The minimum Gasteiger partial charge on any atom is -0.357 e. The lowest BCUT2D eigenvalue weighted by Gasteiger charge is -2.10. The van der Waals surface area contributed by atoms with Crippen LogP contribution >= 0.6 is 38.6 Å². The van der Waals surface area contributed by atoms with Crippen LogP contribution in [0.2, 0.25) is 0 Å². The SMILES string of the molecule is CCNC(=NCc1ccsc1)NCCc1ccc(Br)s1. The molecule has 6 heteroatoms. The molecule has 0 amide bonds. The van der Waals surface area contributed by atoms with Gasteiger partial charge in [-0.1, -0.05) is 0 Å². The van der Waals surface area contributed by atoms with Gasteiger partial charge in [0.05, 0.1) is 10.3 Å². The van der Waals surface area contributed by atoms with Gasteiger partial charge in [0.1, 0.15) is 0 Å². The maximum atomic E-state index is 4.59. The fourth-order valence-electron chi connectivity index (χ4n) is 1.68. The van der Waals surface area contributed by atoms with E-state index in [1.54, 1.807) is 22.7 Å². The van der Waals surface area contributed by atoms with Gasteiger partial charge < -0.3 is 10.6 Å². The third-order valence-corrected chi connectivity index (χ3v) is 5.05. The molecule has 0 aliphatic rings. The van der Waals surface area contributed by atoms with Gasteiger partial charge in [-0.15, -0.1) is 11.3 Å². The third-order valence-electron chi connectivity index (χ3n) is 2.64. The zero-order chi connectivity index (χ0) is 14.2. The lowest BCUT2D eigenvalue weighted by atomic mass is 10.3. The molecular formula is C14H18BrN3S2. The van der Waals surface area contributed by atoms with Crippen molar-refractivity contribution in [3.63, 3.8) is 0 Å². The Balaban J connectivity index is 1.80. The van der Waals surface area contributed by atoms with Crippen LogP contribution in [-0.2, 0) is 13.0 Å². The average Bonchev–Trinajstić information content (AvgIpc) is 3.08. The van der Waals surface area contributed by atoms with Crippen molar-refractivity contribution in [1.82, 2.24) is 10.6 Å². The van der Waals surface area contributed by atoms with Crippen molar-refractivity contribution in [3.05, 3.63) is 43.2 Å². The molecule has 0 saturated carbocycles. The van der Waals surface area contributed by atoms with Gasteiger partial charge in [-0.05, 0) is 63.8 Å². The zero-order valence-electron chi connectivity index (χ0n) is 11.4. The second-order valence-corrected chi connectivity index (χ2v) is 7.54. The van der Waals surface area contributed by atoms with Gasteiger partial charge in [-0.25, -0.2) is 4.99 Å². The molecule has 0 unspecified atom stereocenters. The minimum absolute atomic E-state index is 0.726. The molecule has 2 N–H and O–H groups in total. The highest BCUT2D eigenvalue weighted by Gasteiger charge is 2.00. The Hall–Kier alpha value is -0.850. The second-order valence-electron chi connectivity index (χ2n) is 4.21. The van der Waals surface area contributed by atoms with Crippen LogP contribution in [0.15, 0.2) is 37.7 Å². The van der Waals surface area contributed by atoms with Crippen molar-refractivity contribution in [2.24, 2.45) is 4.99 Å². The molecular weight excluding hydrogens is 354 g/mol. The first-order valence-electron chi connectivity index (χ1n) is 6.55. The summed E-state index contributed by atoms with van der Waals surface area (Å²) < 4.78 is 1.19. The highest BCUT2D eigenvalue weighted by Crippen LogP contribution is 2.21. The fourth-order valence-corrected chi connectivity index (χ4v) is 3.83. The first-order chi connectivity index (χ1) is 9.78. The predicted molar refractivity (Wildman–Crippen MR) is 92.9 cm³/mol. The number of halogens is 1. The highest BCUT2D eigenvalue weighted by molar-refractivity contribution is 9.11. The second kappa shape index (κ2) is 8.44. The quantitative estimate of drug-likeness (QED) is 0.597. The van der Waals surface area contributed by atoms with Gasteiger partial charge >= 0.3 is 0 Å². The van der Waals surface area contributed by atoms with Gasteiger partial charge in [0.15, 0.2) is 5.96 Å². The van der Waals surface area contributed by atoms with Gasteiger partial charge in [0.25, 0.3) is 0 Å². The summed E-state index contributed by atoms with van der Waals surface area (Å²) in [5, 5.41) is 10.9. The lowest BCUT2D eigenvalue weighted by molar-refractivity contribution is 0.805. The average molecular weight is 372 g/mol. The molecule has 20 heavy (non-hydrogen) atoms. The smallest absolute Gasteiger partial charge is 0.191 e. The molecule has 2 aromatic heterocycles. The van der Waals surface area contributed by atoms with Crippen LogP contribution in [0.4, 0.5) is 0 Å². The van der Waals surface area contributed by atoms with Gasteiger partial charge in [0, 0.05) is 18.0 Å². The van der Waals surface area contributed by atoms with Crippen LogP contribution in [0, 0.1) is 0 Å². The highest BCUT2D eigenvalue weighted by atomic mass is 79.9. The van der Waals surface area contributed by atoms with E-state index in [0.717, 1.165) is 32.0 Å². The summed E-state index contributed by atoms with van der Waals surface area (Å²) in [6.45, 7) is 4.57. The zero-order valence-corrected chi connectivity index (χ0v) is 14.6. The first kappa shape index (κ1) is 15.5. The largest absolute Gasteiger partial charge is 0.357 e. The Morgan fingerprint density at radius 2 is 2.20 bits per heavy atom. The normalized spacial score (nSPS) is 11.6. The van der Waals surface area contributed by atoms with Gasteiger partial charge in [-0.3, -0.25) is 0 Å². The maximum absolute atomic E-state index is 4.59. The lowest BCUT2D eigenvalue weighted by Crippen LogP contribution is -2.38. The predicted octanol–water partition coefficient (Wildman–Crippen LogP) is 3.87. The van der Waals surface area contributed by atoms with Crippen LogP contribution < -0.4 is 10.6 Å². The van der Waals surface area contributed by atoms with Crippen LogP contribution in [0.3, 0.4) is 0 Å². The Labute approximate surface area is 136 Å². The molecule has 0 fully saturated rings. The topological polar surface area (TPSA) is 36.4 Å². The molecule has 0 aliphatic heterocycles. The van der Waals surface area contributed by atoms with Crippen molar-refractivity contribution >= 4 is 44.6 Å². The summed E-state index contributed by atoms with van der Waals surface area (Å²) in [6.07, 6.45) is 1.01. The number of rotatable bonds is 6. The van der Waals surface area contributed by atoms with Crippen molar-refractivity contribution in [1.29, 1.82) is 0 Å². The van der Waals surface area contributed by atoms with Crippen LogP contribution in [-0.4, -0.2) is 19.0 Å². The molecule has 0 bridgehead atoms. The Bertz CT molecular complexity index is 534. The third kappa shape index (κ3) is 5.26. The van der Waals surface area contributed by atoms with E-state index in [2.05, 4.69) is 67.4 Å². The number of nitrogens with zero attached hydrogens (tertiary/aromatic N) is 1. The first-order valence-corrected chi connectivity index (χ1v) is 9.10. The Kier molecular flexibility index (Phi) is 6.56. The van der Waals surface area contributed by atoms with Crippen LogP contribution in [0.5, 0.6) is 0 Å². The Morgan fingerprint density at radius 1 is 1.30 bits per heavy atom. The monoisotopic (exact) mass is 371 g/mol. The summed E-state index contributed by atoms with van der Waals surface area (Å²) in [4.78, 5) is 5.96. The number of hydrogen-bond acceptors (Lipinski definition) is 3. The van der Waals surface area contributed by atoms with Crippen LogP contribution in [0.25, 0.3) is 0 Å². The van der Waals surface area contributed by atoms with Crippen molar-refractivity contribution < 1.29 is 0 Å². The van der Waals surface area contributed by atoms with Crippen LogP contribution in [0.1, 0.15) is 17.4 Å². The molecule has 0 atom stereocenters. The maximum Gasteiger partial charge on any atom is 0.191 e. The summed E-state index contributed by atoms with van der Waals surface area (Å²) in [5.74, 6) is 0.884. The molecule has 2 heterocycles. The van der Waals surface area contributed by atoms with E-state index in [9.17, 15) is 0 Å². The number of nitrogens with one attached hydrogen (secondary N) is 2. The van der Waals surface area contributed by atoms with Gasteiger partial charge in [0.2, 0.25) is 0 Å². The summed E-state index contributed by atoms with van der Waals surface area (Å²) in [5.41, 5.74) is 1.26. The Morgan fingerprint density at radius 3 is 2.85 bits per heavy atom. The molecule has 0 spiro atoms. The number of thiophene rings is 2. The van der Waals surface area contributed by atoms with E-state index >= 15 is 0 Å². The van der Waals surface area contributed by atoms with E-state index in [1.165, 1.54) is 14.2 Å². The standard InChI is InChI=1S/C14H18BrN3S2/c1-2-16-14(18-9-11-6-8-19-10-11)17-7-5-12-3-4-13(15)20-12/h3-4,6,8,10H,2,5,7,9H2,1H3,(H2,16,17,18). The van der Waals surface area contributed by atoms with Gasteiger partial charge in [-0.2, -0.15) is 11.3 Å². The summed E-state index contributed by atoms with van der Waals surface area (Å²) >= 11 is 6.98.